The first-order valence-corrected chi connectivity index (χ1v) is 6.92. The smallest absolute Gasteiger partial charge is 0.304 e. The molecule has 0 bridgehead atoms. The van der Waals surface area contributed by atoms with Crippen molar-refractivity contribution in [3.8, 4) is 0 Å². The second kappa shape index (κ2) is 4.34. The second-order valence-electron chi connectivity index (χ2n) is 6.14. The minimum absolute atomic E-state index is 0.0810. The highest BCUT2D eigenvalue weighted by molar-refractivity contribution is 5.70. The first-order chi connectivity index (χ1) is 9.10. The summed E-state index contributed by atoms with van der Waals surface area (Å²) < 4.78 is 5.31. The summed E-state index contributed by atoms with van der Waals surface area (Å²) in [5.74, 6) is -0.695. The van der Waals surface area contributed by atoms with E-state index in [0.717, 1.165) is 19.4 Å². The van der Waals surface area contributed by atoms with Crippen molar-refractivity contribution in [3.63, 3.8) is 0 Å². The lowest BCUT2D eigenvalue weighted by atomic mass is 9.89. The van der Waals surface area contributed by atoms with Gasteiger partial charge in [0, 0.05) is 17.9 Å². The quantitative estimate of drug-likeness (QED) is 0.855. The Hall–Kier alpha value is -1.35. The van der Waals surface area contributed by atoms with Gasteiger partial charge in [-0.05, 0) is 36.8 Å². The molecule has 2 aliphatic carbocycles. The molecule has 0 atom stereocenters. The zero-order chi connectivity index (χ0) is 13.5. The van der Waals surface area contributed by atoms with E-state index in [0.29, 0.717) is 0 Å². The molecule has 0 radical (unpaired) electrons. The van der Waals surface area contributed by atoms with Crippen LogP contribution in [0, 0.1) is 0 Å². The number of methoxy groups -OCH3 is 1. The maximum atomic E-state index is 10.9. The average molecular weight is 260 g/mol. The van der Waals surface area contributed by atoms with Gasteiger partial charge < -0.3 is 9.84 Å². The maximum Gasteiger partial charge on any atom is 0.304 e. The Balaban J connectivity index is 1.78. The monoisotopic (exact) mass is 260 g/mol. The summed E-state index contributed by atoms with van der Waals surface area (Å²) in [6, 6.07) is 8.59. The topological polar surface area (TPSA) is 46.5 Å². The van der Waals surface area contributed by atoms with Crippen molar-refractivity contribution in [3.05, 3.63) is 35.4 Å². The van der Waals surface area contributed by atoms with Crippen LogP contribution in [-0.4, -0.2) is 24.8 Å². The van der Waals surface area contributed by atoms with Crippen LogP contribution in [0.15, 0.2) is 24.3 Å². The molecule has 0 aromatic heterocycles. The van der Waals surface area contributed by atoms with Crippen LogP contribution in [0.4, 0.5) is 0 Å². The summed E-state index contributed by atoms with van der Waals surface area (Å²) in [6.45, 7) is 0.784. The normalized spacial score (nSPS) is 21.9. The number of carboxylic acids is 1. The lowest BCUT2D eigenvalue weighted by molar-refractivity contribution is -0.137. The first-order valence-electron chi connectivity index (χ1n) is 6.92. The van der Waals surface area contributed by atoms with Crippen molar-refractivity contribution in [1.29, 1.82) is 0 Å². The van der Waals surface area contributed by atoms with Crippen LogP contribution in [0.2, 0.25) is 0 Å². The molecule has 3 nitrogen and oxygen atoms in total. The largest absolute Gasteiger partial charge is 0.481 e. The van der Waals surface area contributed by atoms with E-state index in [1.54, 1.807) is 7.11 Å². The number of hydrogen-bond acceptors (Lipinski definition) is 2. The Morgan fingerprint density at radius 1 is 1.11 bits per heavy atom. The van der Waals surface area contributed by atoms with Gasteiger partial charge in [-0.3, -0.25) is 4.79 Å². The Kier molecular flexibility index (Phi) is 2.90. The number of ether oxygens (including phenoxy) is 1. The molecule has 3 heteroatoms. The minimum Gasteiger partial charge on any atom is -0.481 e. The molecule has 2 aliphatic rings. The zero-order valence-corrected chi connectivity index (χ0v) is 11.3. The summed E-state index contributed by atoms with van der Waals surface area (Å²) in [6.07, 6.45) is 4.65. The van der Waals surface area contributed by atoms with Crippen LogP contribution in [0.25, 0.3) is 0 Å². The number of rotatable bonds is 6. The van der Waals surface area contributed by atoms with E-state index in [4.69, 9.17) is 9.84 Å². The third-order valence-electron chi connectivity index (χ3n) is 4.73. The van der Waals surface area contributed by atoms with Crippen LogP contribution in [0.1, 0.15) is 43.2 Å². The highest BCUT2D eigenvalue weighted by atomic mass is 16.5. The van der Waals surface area contributed by atoms with Gasteiger partial charge in [0.05, 0.1) is 13.0 Å². The van der Waals surface area contributed by atoms with Crippen molar-refractivity contribution >= 4 is 5.97 Å². The molecule has 1 aromatic rings. The zero-order valence-electron chi connectivity index (χ0n) is 11.3. The minimum atomic E-state index is -0.695. The Morgan fingerprint density at radius 2 is 1.58 bits per heavy atom. The van der Waals surface area contributed by atoms with Crippen LogP contribution in [0.5, 0.6) is 0 Å². The maximum absolute atomic E-state index is 10.9. The van der Waals surface area contributed by atoms with E-state index in [2.05, 4.69) is 24.3 Å². The molecule has 102 valence electrons. The molecule has 2 fully saturated rings. The van der Waals surface area contributed by atoms with E-state index in [9.17, 15) is 4.79 Å². The lowest BCUT2D eigenvalue weighted by Crippen LogP contribution is -2.16. The van der Waals surface area contributed by atoms with Gasteiger partial charge in [-0.1, -0.05) is 24.3 Å². The van der Waals surface area contributed by atoms with Gasteiger partial charge in [0.1, 0.15) is 0 Å². The number of benzene rings is 1. The molecule has 3 rings (SSSR count). The summed E-state index contributed by atoms with van der Waals surface area (Å²) >= 11 is 0. The van der Waals surface area contributed by atoms with E-state index < -0.39 is 5.97 Å². The second-order valence-corrected chi connectivity index (χ2v) is 6.14. The molecule has 2 saturated carbocycles. The summed E-state index contributed by atoms with van der Waals surface area (Å²) in [4.78, 5) is 10.9. The molecule has 1 N–H and O–H groups in total. The number of carbonyl (C=O) groups is 1. The first kappa shape index (κ1) is 12.7. The van der Waals surface area contributed by atoms with Crippen LogP contribution in [-0.2, 0) is 20.4 Å². The number of aliphatic carboxylic acids is 1. The number of hydrogen-bond donors (Lipinski definition) is 1. The van der Waals surface area contributed by atoms with E-state index >= 15 is 0 Å². The molecule has 0 heterocycles. The highest BCUT2D eigenvalue weighted by Crippen LogP contribution is 2.52. The predicted octanol–water partition coefficient (Wildman–Crippen LogP) is 2.87. The van der Waals surface area contributed by atoms with Gasteiger partial charge >= 0.3 is 5.97 Å². The van der Waals surface area contributed by atoms with Crippen molar-refractivity contribution in [2.24, 2.45) is 0 Å². The molecule has 19 heavy (non-hydrogen) atoms. The van der Waals surface area contributed by atoms with Gasteiger partial charge in [-0.2, -0.15) is 0 Å². The van der Waals surface area contributed by atoms with Gasteiger partial charge in [-0.25, -0.2) is 0 Å². The predicted molar refractivity (Wildman–Crippen MR) is 72.4 cm³/mol. The fourth-order valence-corrected chi connectivity index (χ4v) is 3.13. The molecule has 0 unspecified atom stereocenters. The van der Waals surface area contributed by atoms with Crippen LogP contribution >= 0.6 is 0 Å². The Labute approximate surface area is 113 Å². The molecular weight excluding hydrogens is 240 g/mol. The molecule has 0 saturated heterocycles. The molecule has 0 spiro atoms. The van der Waals surface area contributed by atoms with Crippen molar-refractivity contribution < 1.29 is 14.6 Å². The fourth-order valence-electron chi connectivity index (χ4n) is 3.13. The van der Waals surface area contributed by atoms with Crippen molar-refractivity contribution in [2.45, 2.75) is 42.9 Å². The van der Waals surface area contributed by atoms with Crippen molar-refractivity contribution in [2.75, 3.05) is 13.7 Å². The fraction of sp³-hybridized carbons (Fsp3) is 0.562. The van der Waals surface area contributed by atoms with Crippen LogP contribution < -0.4 is 0 Å². The van der Waals surface area contributed by atoms with Gasteiger partial charge in [0.25, 0.3) is 0 Å². The lowest BCUT2D eigenvalue weighted by Gasteiger charge is -2.17. The summed E-state index contributed by atoms with van der Waals surface area (Å²) in [7, 11) is 1.75. The molecule has 0 aliphatic heterocycles. The Morgan fingerprint density at radius 3 is 1.95 bits per heavy atom. The van der Waals surface area contributed by atoms with Gasteiger partial charge in [-0.15, -0.1) is 0 Å². The van der Waals surface area contributed by atoms with E-state index in [1.165, 1.54) is 24.0 Å². The molecule has 1 aromatic carbocycles. The van der Waals surface area contributed by atoms with Crippen LogP contribution in [0.3, 0.4) is 0 Å². The Bertz CT molecular complexity index is 481. The van der Waals surface area contributed by atoms with E-state index in [1.807, 2.05) is 0 Å². The van der Waals surface area contributed by atoms with Crippen molar-refractivity contribution in [1.82, 2.24) is 0 Å². The molecule has 0 amide bonds. The number of carboxylic acid groups (broad SMARTS) is 1. The standard InChI is InChI=1S/C16H20O3/c1-19-11-16(8-9-16)13-4-2-12(3-5-13)15(6-7-15)10-14(17)18/h2-5H,6-11H2,1H3,(H,17,18). The molecular formula is C16H20O3. The SMILES string of the molecule is COCC1(c2ccc(C3(CC(=O)O)CC3)cc2)CC1. The summed E-state index contributed by atoms with van der Waals surface area (Å²) in [5.41, 5.74) is 2.68. The third-order valence-corrected chi connectivity index (χ3v) is 4.73. The highest BCUT2D eigenvalue weighted by Gasteiger charge is 2.47. The van der Waals surface area contributed by atoms with Gasteiger partial charge in [0.15, 0.2) is 0 Å². The van der Waals surface area contributed by atoms with E-state index in [-0.39, 0.29) is 17.3 Å². The average Bonchev–Trinajstić information content (AvgIpc) is 3.27. The summed E-state index contributed by atoms with van der Waals surface area (Å²) in [5, 5.41) is 9.00. The third kappa shape index (κ3) is 2.27. The van der Waals surface area contributed by atoms with Gasteiger partial charge in [0.2, 0.25) is 0 Å².